The van der Waals surface area contributed by atoms with Crippen LogP contribution in [0.25, 0.3) is 0 Å². The number of sulfonamides is 1. The molecule has 16 heteroatoms. The lowest BCUT2D eigenvalue weighted by atomic mass is 9.91. The molecule has 3 amide bonds. The maximum absolute atomic E-state index is 14.3. The van der Waals surface area contributed by atoms with Crippen molar-refractivity contribution in [2.45, 2.75) is 36.4 Å². The van der Waals surface area contributed by atoms with Crippen LogP contribution in [0.3, 0.4) is 0 Å². The van der Waals surface area contributed by atoms with Gasteiger partial charge in [-0.05, 0) is 17.7 Å². The topological polar surface area (TPSA) is 164 Å². The Morgan fingerprint density at radius 2 is 1.81 bits per heavy atom. The van der Waals surface area contributed by atoms with Gasteiger partial charge in [0.05, 0.1) is 18.0 Å². The van der Waals surface area contributed by atoms with Crippen LogP contribution in [-0.4, -0.2) is 109 Å². The van der Waals surface area contributed by atoms with E-state index in [1.807, 2.05) is 0 Å². The Labute approximate surface area is 241 Å². The quantitative estimate of drug-likeness (QED) is 0.477. The molecule has 0 saturated carbocycles. The van der Waals surface area contributed by atoms with Crippen LogP contribution < -0.4 is 10.9 Å². The molecule has 1 spiro atoms. The predicted molar refractivity (Wildman–Crippen MR) is 145 cm³/mol. The second-order valence-electron chi connectivity index (χ2n) is 10.5. The van der Waals surface area contributed by atoms with E-state index < -0.39 is 44.4 Å². The van der Waals surface area contributed by atoms with Gasteiger partial charge in [-0.3, -0.25) is 14.2 Å². The molecule has 5 rings (SSSR count). The normalized spacial score (nSPS) is 18.9. The first kappa shape index (κ1) is 29.9. The zero-order valence-corrected chi connectivity index (χ0v) is 24.2. The minimum atomic E-state index is -4.20. The first-order valence-corrected chi connectivity index (χ1v) is 15.0. The average Bonchev–Trinajstić information content (AvgIpc) is 2.98. The summed E-state index contributed by atoms with van der Waals surface area (Å²) in [4.78, 5) is 45.4. The highest BCUT2D eigenvalue weighted by molar-refractivity contribution is 7.89. The van der Waals surface area contributed by atoms with Crippen molar-refractivity contribution in [1.82, 2.24) is 29.0 Å². The van der Waals surface area contributed by atoms with E-state index in [0.29, 0.717) is 26.1 Å². The lowest BCUT2D eigenvalue weighted by Gasteiger charge is -2.40. The third-order valence-corrected chi connectivity index (χ3v) is 9.72. The Morgan fingerprint density at radius 1 is 1.12 bits per heavy atom. The lowest BCUT2D eigenvalue weighted by molar-refractivity contribution is -0.139. The van der Waals surface area contributed by atoms with Gasteiger partial charge in [-0.25, -0.2) is 22.6 Å². The molecule has 0 radical (unpaired) electrons. The first-order chi connectivity index (χ1) is 19.9. The monoisotopic (exact) mass is 608 g/mol. The summed E-state index contributed by atoms with van der Waals surface area (Å²) in [5.41, 5.74) is -2.14. The van der Waals surface area contributed by atoms with E-state index >= 15 is 0 Å². The molecule has 2 aromatic rings. The summed E-state index contributed by atoms with van der Waals surface area (Å²) >= 11 is 0. The number of aromatic nitrogens is 2. The van der Waals surface area contributed by atoms with Crippen molar-refractivity contribution in [3.8, 4) is 5.75 Å². The van der Waals surface area contributed by atoms with Crippen LogP contribution in [0.4, 0.5) is 9.18 Å². The number of rotatable bonds is 5. The number of piperazine rings is 1. The fraction of sp³-hybridized carbons (Fsp3) is 0.538. The summed E-state index contributed by atoms with van der Waals surface area (Å²) in [6.45, 7) is 1.13. The van der Waals surface area contributed by atoms with Gasteiger partial charge in [-0.15, -0.1) is 0 Å². The van der Waals surface area contributed by atoms with Gasteiger partial charge < -0.3 is 29.7 Å². The maximum Gasteiger partial charge on any atom is 0.319 e. The smallest absolute Gasteiger partial charge is 0.319 e. The number of fused-ring (bicyclic) bond motifs is 2. The Hall–Kier alpha value is -3.60. The fourth-order valence-electron chi connectivity index (χ4n) is 5.44. The van der Waals surface area contributed by atoms with Crippen molar-refractivity contribution >= 4 is 22.0 Å². The molecule has 0 unspecified atom stereocenters. The van der Waals surface area contributed by atoms with Crippen molar-refractivity contribution in [2.24, 2.45) is 0 Å². The van der Waals surface area contributed by atoms with Gasteiger partial charge in [-0.2, -0.15) is 4.31 Å². The van der Waals surface area contributed by atoms with Crippen molar-refractivity contribution in [3.63, 3.8) is 0 Å². The van der Waals surface area contributed by atoms with Crippen LogP contribution in [0.1, 0.15) is 34.7 Å². The molecule has 1 aromatic heterocycles. The van der Waals surface area contributed by atoms with Gasteiger partial charge >= 0.3 is 6.03 Å². The molecule has 0 aliphatic carbocycles. The SMILES string of the molecule is CN(C)C(=O)N1CCN(S(=O)(=O)c2cc(F)ccc2CNC(=O)c2nc3n(c(=O)c2O)CCOC32CCOCC2)CC1. The van der Waals surface area contributed by atoms with Crippen molar-refractivity contribution in [3.05, 3.63) is 51.5 Å². The highest BCUT2D eigenvalue weighted by atomic mass is 32.2. The molecular weight excluding hydrogens is 575 g/mol. The molecule has 42 heavy (non-hydrogen) atoms. The van der Waals surface area contributed by atoms with Gasteiger partial charge in [0.25, 0.3) is 11.5 Å². The van der Waals surface area contributed by atoms with Gasteiger partial charge in [0.2, 0.25) is 15.8 Å². The summed E-state index contributed by atoms with van der Waals surface area (Å²) in [5.74, 6) is -2.31. The summed E-state index contributed by atoms with van der Waals surface area (Å²) in [5, 5.41) is 13.1. The summed E-state index contributed by atoms with van der Waals surface area (Å²) in [7, 11) is -0.993. The van der Waals surface area contributed by atoms with Gasteiger partial charge in [0, 0.05) is 72.9 Å². The van der Waals surface area contributed by atoms with Crippen LogP contribution in [0.2, 0.25) is 0 Å². The number of carbonyl (C=O) groups is 2. The Balaban J connectivity index is 1.37. The number of nitrogens with one attached hydrogen (secondary N) is 1. The van der Waals surface area contributed by atoms with Crippen molar-refractivity contribution < 1.29 is 37.0 Å². The molecule has 3 aliphatic heterocycles. The summed E-state index contributed by atoms with van der Waals surface area (Å²) in [6.07, 6.45) is 0.833. The maximum atomic E-state index is 14.3. The molecule has 0 bridgehead atoms. The highest BCUT2D eigenvalue weighted by Crippen LogP contribution is 2.37. The molecule has 3 aliphatic rings. The van der Waals surface area contributed by atoms with Gasteiger partial charge in [0.1, 0.15) is 17.2 Å². The zero-order chi connectivity index (χ0) is 30.2. The van der Waals surface area contributed by atoms with Gasteiger partial charge in [-0.1, -0.05) is 6.07 Å². The average molecular weight is 609 g/mol. The molecule has 228 valence electrons. The number of hydrogen-bond acceptors (Lipinski definition) is 9. The van der Waals surface area contributed by atoms with E-state index in [1.54, 1.807) is 14.1 Å². The Kier molecular flexibility index (Phi) is 8.24. The van der Waals surface area contributed by atoms with E-state index in [4.69, 9.17) is 9.47 Å². The number of halogens is 1. The minimum absolute atomic E-state index is 0.00987. The van der Waals surface area contributed by atoms with E-state index in [-0.39, 0.29) is 68.2 Å². The Morgan fingerprint density at radius 3 is 2.48 bits per heavy atom. The number of benzene rings is 1. The molecule has 1 aromatic carbocycles. The number of hydrogen-bond donors (Lipinski definition) is 2. The lowest BCUT2D eigenvalue weighted by Crippen LogP contribution is -2.52. The summed E-state index contributed by atoms with van der Waals surface area (Å²) < 4.78 is 55.2. The molecule has 2 saturated heterocycles. The number of nitrogens with zero attached hydrogens (tertiary/aromatic N) is 5. The first-order valence-electron chi connectivity index (χ1n) is 13.5. The van der Waals surface area contributed by atoms with Crippen LogP contribution >= 0.6 is 0 Å². The number of aromatic hydroxyl groups is 1. The minimum Gasteiger partial charge on any atom is -0.501 e. The van der Waals surface area contributed by atoms with Crippen molar-refractivity contribution in [2.75, 3.05) is 60.1 Å². The molecular formula is C26H33FN6O8S. The van der Waals surface area contributed by atoms with E-state index in [9.17, 15) is 32.3 Å². The van der Waals surface area contributed by atoms with Crippen LogP contribution in [0.5, 0.6) is 5.75 Å². The standard InChI is InChI=1S/C26H33FN6O8S/c1-30(2)25(37)31-7-9-32(10-8-31)42(38,39)19-15-18(27)4-3-17(19)16-28-22(35)20-21(34)23(36)33-11-14-41-26(24(33)29-20)5-12-40-13-6-26/h3-4,15,34H,5-14,16H2,1-2H3,(H,28,35). The molecule has 2 N–H and O–H groups in total. The molecule has 4 heterocycles. The largest absolute Gasteiger partial charge is 0.501 e. The van der Waals surface area contributed by atoms with E-state index in [0.717, 1.165) is 16.4 Å². The van der Waals surface area contributed by atoms with Crippen LogP contribution in [0, 0.1) is 5.82 Å². The zero-order valence-electron chi connectivity index (χ0n) is 23.3. The third kappa shape index (κ3) is 5.46. The number of amides is 3. The van der Waals surface area contributed by atoms with E-state index in [1.165, 1.54) is 20.4 Å². The van der Waals surface area contributed by atoms with Crippen LogP contribution in [0.15, 0.2) is 27.9 Å². The van der Waals surface area contributed by atoms with Crippen LogP contribution in [-0.2, 0) is 38.2 Å². The fourth-order valence-corrected chi connectivity index (χ4v) is 7.09. The molecule has 0 atom stereocenters. The molecule has 2 fully saturated rings. The van der Waals surface area contributed by atoms with Crippen molar-refractivity contribution in [1.29, 1.82) is 0 Å². The second-order valence-corrected chi connectivity index (χ2v) is 12.5. The Bertz CT molecular complexity index is 1550. The predicted octanol–water partition coefficient (Wildman–Crippen LogP) is 0.0418. The number of ether oxygens (including phenoxy) is 2. The second kappa shape index (κ2) is 11.6. The molecule has 14 nitrogen and oxygen atoms in total. The summed E-state index contributed by atoms with van der Waals surface area (Å²) in [6, 6.07) is 2.95. The number of urea groups is 1. The highest BCUT2D eigenvalue weighted by Gasteiger charge is 2.43. The third-order valence-electron chi connectivity index (χ3n) is 7.74. The van der Waals surface area contributed by atoms with E-state index in [2.05, 4.69) is 10.3 Å². The van der Waals surface area contributed by atoms with Gasteiger partial charge in [0.15, 0.2) is 5.69 Å². The number of carbonyl (C=O) groups excluding carboxylic acids is 2.